The minimum absolute atomic E-state index is 0.00611. The van der Waals surface area contributed by atoms with E-state index in [4.69, 9.17) is 4.74 Å². The second kappa shape index (κ2) is 10.3. The van der Waals surface area contributed by atoms with Crippen LogP contribution in [-0.2, 0) is 4.79 Å². The monoisotopic (exact) mass is 502 g/mol. The Labute approximate surface area is 215 Å². The van der Waals surface area contributed by atoms with Crippen LogP contribution in [-0.4, -0.2) is 39.3 Å². The minimum atomic E-state index is -0.644. The number of nitrogens with zero attached hydrogens (tertiary/aromatic N) is 2. The molecule has 0 saturated heterocycles. The lowest BCUT2D eigenvalue weighted by Crippen LogP contribution is -2.38. The summed E-state index contributed by atoms with van der Waals surface area (Å²) in [6.45, 7) is 4.47. The molecule has 1 N–H and O–H groups in total. The Morgan fingerprint density at radius 3 is 2.47 bits per heavy atom. The van der Waals surface area contributed by atoms with E-state index in [1.165, 1.54) is 11.3 Å². The third-order valence-electron chi connectivity index (χ3n) is 6.90. The molecule has 0 bridgehead atoms. The van der Waals surface area contributed by atoms with Crippen molar-refractivity contribution in [3.8, 4) is 16.3 Å². The van der Waals surface area contributed by atoms with Gasteiger partial charge in [0.2, 0.25) is 5.78 Å². The second-order valence-corrected chi connectivity index (χ2v) is 10.4. The SMILES string of the molecule is CCCOc1ccc(C2C(C(=O)c3sc(-c4ccccc4)nc3C)=C(O)C(=O)N2C2CCCC2)cc1. The number of ketones is 1. The van der Waals surface area contributed by atoms with Crippen LogP contribution in [0.3, 0.4) is 0 Å². The number of aryl methyl sites for hydroxylation is 1. The Morgan fingerprint density at radius 1 is 1.11 bits per heavy atom. The van der Waals surface area contributed by atoms with Crippen LogP contribution in [0.15, 0.2) is 65.9 Å². The lowest BCUT2D eigenvalue weighted by molar-refractivity contribution is -0.131. The average molecular weight is 503 g/mol. The molecule has 1 unspecified atom stereocenters. The number of hydrogen-bond acceptors (Lipinski definition) is 6. The molecule has 1 aliphatic heterocycles. The Bertz CT molecular complexity index is 1290. The number of thiazole rings is 1. The van der Waals surface area contributed by atoms with E-state index in [0.717, 1.165) is 54.0 Å². The molecule has 1 saturated carbocycles. The van der Waals surface area contributed by atoms with Gasteiger partial charge in [0.1, 0.15) is 10.8 Å². The molecular formula is C29H30N2O4S. The molecule has 1 amide bonds. The van der Waals surface area contributed by atoms with Crippen molar-refractivity contribution in [1.29, 1.82) is 0 Å². The van der Waals surface area contributed by atoms with Gasteiger partial charge in [-0.2, -0.15) is 0 Å². The normalized spacial score (nSPS) is 18.3. The number of hydrogen-bond donors (Lipinski definition) is 1. The Kier molecular flexibility index (Phi) is 6.92. The molecule has 2 aliphatic rings. The summed E-state index contributed by atoms with van der Waals surface area (Å²) in [4.78, 5) is 34.1. The van der Waals surface area contributed by atoms with Gasteiger partial charge < -0.3 is 14.7 Å². The van der Waals surface area contributed by atoms with E-state index in [2.05, 4.69) is 4.98 Å². The van der Waals surface area contributed by atoms with Crippen LogP contribution >= 0.6 is 11.3 Å². The van der Waals surface area contributed by atoms with Crippen molar-refractivity contribution in [2.24, 2.45) is 0 Å². The van der Waals surface area contributed by atoms with E-state index in [0.29, 0.717) is 17.2 Å². The molecule has 1 fully saturated rings. The van der Waals surface area contributed by atoms with Crippen molar-refractivity contribution in [2.75, 3.05) is 6.61 Å². The number of ether oxygens (including phenoxy) is 1. The van der Waals surface area contributed by atoms with Crippen LogP contribution in [0.4, 0.5) is 0 Å². The fraction of sp³-hybridized carbons (Fsp3) is 0.345. The summed E-state index contributed by atoms with van der Waals surface area (Å²) >= 11 is 1.30. The quantitative estimate of drug-likeness (QED) is 0.359. The van der Waals surface area contributed by atoms with E-state index in [1.807, 2.05) is 61.5 Å². The summed E-state index contributed by atoms with van der Waals surface area (Å²) in [5.74, 6) is -0.511. The van der Waals surface area contributed by atoms with Crippen molar-refractivity contribution in [3.63, 3.8) is 0 Å². The molecule has 2 heterocycles. The van der Waals surface area contributed by atoms with Crippen molar-refractivity contribution < 1.29 is 19.4 Å². The Hall–Kier alpha value is -3.45. The molecule has 186 valence electrons. The highest BCUT2D eigenvalue weighted by molar-refractivity contribution is 7.17. The van der Waals surface area contributed by atoms with Gasteiger partial charge >= 0.3 is 0 Å². The number of rotatable bonds is 8. The van der Waals surface area contributed by atoms with Gasteiger partial charge in [-0.15, -0.1) is 11.3 Å². The first kappa shape index (κ1) is 24.3. The fourth-order valence-electron chi connectivity index (χ4n) is 5.14. The standard InChI is InChI=1S/C29H30N2O4S/c1-3-17-35-22-15-13-19(14-16-22)24-23(26(33)29(34)31(24)21-11-7-8-12-21)25(32)27-18(2)30-28(36-27)20-9-5-4-6-10-20/h4-6,9-10,13-16,21,24,33H,3,7-8,11-12,17H2,1-2H3. The number of carbonyl (C=O) groups excluding carboxylic acids is 2. The highest BCUT2D eigenvalue weighted by Crippen LogP contribution is 2.44. The summed E-state index contributed by atoms with van der Waals surface area (Å²) in [6, 6.07) is 16.6. The first-order chi connectivity index (χ1) is 17.5. The summed E-state index contributed by atoms with van der Waals surface area (Å²) in [5.41, 5.74) is 2.45. The highest BCUT2D eigenvalue weighted by atomic mass is 32.1. The zero-order chi connectivity index (χ0) is 25.2. The number of Topliss-reactive ketones (excluding diaryl/α,β-unsaturated/α-hetero) is 1. The lowest BCUT2D eigenvalue weighted by atomic mass is 9.94. The molecule has 1 aromatic heterocycles. The van der Waals surface area contributed by atoms with Crippen LogP contribution in [0.5, 0.6) is 5.75 Å². The highest BCUT2D eigenvalue weighted by Gasteiger charge is 2.47. The predicted molar refractivity (Wildman–Crippen MR) is 140 cm³/mol. The fourth-order valence-corrected chi connectivity index (χ4v) is 6.17. The third-order valence-corrected chi connectivity index (χ3v) is 8.10. The number of benzene rings is 2. The summed E-state index contributed by atoms with van der Waals surface area (Å²) < 4.78 is 5.73. The molecular weight excluding hydrogens is 472 g/mol. The van der Waals surface area contributed by atoms with Gasteiger partial charge in [-0.3, -0.25) is 9.59 Å². The molecule has 5 rings (SSSR count). The van der Waals surface area contributed by atoms with Gasteiger partial charge in [-0.1, -0.05) is 62.2 Å². The average Bonchev–Trinajstić information content (AvgIpc) is 3.62. The number of aliphatic hydroxyl groups is 1. The summed E-state index contributed by atoms with van der Waals surface area (Å²) in [5, 5.41) is 11.8. The van der Waals surface area contributed by atoms with Gasteiger partial charge in [0.25, 0.3) is 5.91 Å². The van der Waals surface area contributed by atoms with Crippen LogP contribution in [0.2, 0.25) is 0 Å². The molecule has 6 nitrogen and oxygen atoms in total. The molecule has 7 heteroatoms. The number of aromatic nitrogens is 1. The van der Waals surface area contributed by atoms with Crippen LogP contribution in [0.25, 0.3) is 10.6 Å². The molecule has 1 aliphatic carbocycles. The van der Waals surface area contributed by atoms with Crippen molar-refractivity contribution >= 4 is 23.0 Å². The van der Waals surface area contributed by atoms with E-state index in [-0.39, 0.29) is 17.4 Å². The predicted octanol–water partition coefficient (Wildman–Crippen LogP) is 6.43. The van der Waals surface area contributed by atoms with Crippen molar-refractivity contribution in [3.05, 3.63) is 82.1 Å². The van der Waals surface area contributed by atoms with Crippen LogP contribution < -0.4 is 4.74 Å². The number of amides is 1. The maximum absolute atomic E-state index is 14.0. The van der Waals surface area contributed by atoms with Gasteiger partial charge in [0.05, 0.1) is 28.8 Å². The maximum atomic E-state index is 14.0. The molecule has 0 spiro atoms. The van der Waals surface area contributed by atoms with Crippen LogP contribution in [0.1, 0.15) is 66.0 Å². The zero-order valence-corrected chi connectivity index (χ0v) is 21.4. The van der Waals surface area contributed by atoms with Crippen LogP contribution in [0, 0.1) is 6.92 Å². The summed E-state index contributed by atoms with van der Waals surface area (Å²) in [7, 11) is 0. The topological polar surface area (TPSA) is 79.7 Å². The van der Waals surface area contributed by atoms with Gasteiger partial charge in [-0.05, 0) is 43.9 Å². The van der Waals surface area contributed by atoms with E-state index in [1.54, 1.807) is 11.8 Å². The molecule has 3 aromatic rings. The second-order valence-electron chi connectivity index (χ2n) is 9.36. The molecule has 0 radical (unpaired) electrons. The Morgan fingerprint density at radius 2 is 1.81 bits per heavy atom. The van der Waals surface area contributed by atoms with Gasteiger partial charge in [0, 0.05) is 11.6 Å². The first-order valence-corrected chi connectivity index (χ1v) is 13.4. The van der Waals surface area contributed by atoms with Crippen molar-refractivity contribution in [2.45, 2.75) is 58.0 Å². The Balaban J connectivity index is 1.54. The zero-order valence-electron chi connectivity index (χ0n) is 20.6. The first-order valence-electron chi connectivity index (χ1n) is 12.6. The van der Waals surface area contributed by atoms with Gasteiger partial charge in [0.15, 0.2) is 5.76 Å². The van der Waals surface area contributed by atoms with E-state index >= 15 is 0 Å². The molecule has 2 aromatic carbocycles. The van der Waals surface area contributed by atoms with E-state index < -0.39 is 17.7 Å². The van der Waals surface area contributed by atoms with Crippen molar-refractivity contribution in [1.82, 2.24) is 9.88 Å². The summed E-state index contributed by atoms with van der Waals surface area (Å²) in [6.07, 6.45) is 4.70. The third kappa shape index (κ3) is 4.44. The number of carbonyl (C=O) groups is 2. The molecule has 36 heavy (non-hydrogen) atoms. The minimum Gasteiger partial charge on any atom is -0.503 e. The number of aliphatic hydroxyl groups excluding tert-OH is 1. The largest absolute Gasteiger partial charge is 0.503 e. The van der Waals surface area contributed by atoms with E-state index in [9.17, 15) is 14.7 Å². The smallest absolute Gasteiger partial charge is 0.290 e. The maximum Gasteiger partial charge on any atom is 0.290 e. The lowest BCUT2D eigenvalue weighted by Gasteiger charge is -2.32. The van der Waals surface area contributed by atoms with Gasteiger partial charge in [-0.25, -0.2) is 4.98 Å². The molecule has 1 atom stereocenters.